The molecule has 0 heterocycles. The minimum absolute atomic E-state index is 0. The van der Waals surface area contributed by atoms with Gasteiger partial charge in [0.15, 0.2) is 0 Å². The average molecular weight is 217 g/mol. The van der Waals surface area contributed by atoms with Crippen LogP contribution in [0, 0.1) is 0 Å². The summed E-state index contributed by atoms with van der Waals surface area (Å²) in [7, 11) is 13.4. The first-order chi connectivity index (χ1) is 4.21. The standard InChI is InChI=1S/C8H22N2.2ClH/c1-9(2,3)7-8-10(4,5)6;;/h7-8H2,1-6H3;2*1H/q+2;;/p-2. The minimum Gasteiger partial charge on any atom is -1.00 e. The van der Waals surface area contributed by atoms with E-state index in [9.17, 15) is 0 Å². The van der Waals surface area contributed by atoms with Crippen molar-refractivity contribution in [3.63, 3.8) is 0 Å². The SMILES string of the molecule is C[N+](C)(C)CC[N+](C)(C)C.[Cl-].[Cl-]. The summed E-state index contributed by atoms with van der Waals surface area (Å²) in [6.07, 6.45) is 0. The van der Waals surface area contributed by atoms with Gasteiger partial charge >= 0.3 is 0 Å². The van der Waals surface area contributed by atoms with Crippen molar-refractivity contribution in [3.05, 3.63) is 0 Å². The van der Waals surface area contributed by atoms with Crippen LogP contribution in [-0.2, 0) is 0 Å². The first kappa shape index (κ1) is 18.3. The van der Waals surface area contributed by atoms with E-state index in [-0.39, 0.29) is 24.8 Å². The maximum absolute atomic E-state index is 2.23. The lowest BCUT2D eigenvalue weighted by molar-refractivity contribution is -0.927. The van der Waals surface area contributed by atoms with Gasteiger partial charge in [-0.1, -0.05) is 0 Å². The van der Waals surface area contributed by atoms with Gasteiger partial charge < -0.3 is 33.8 Å². The molecule has 0 aromatic heterocycles. The molecule has 12 heavy (non-hydrogen) atoms. The first-order valence-corrected chi connectivity index (χ1v) is 3.82. The molecule has 0 aromatic carbocycles. The maximum atomic E-state index is 2.23. The van der Waals surface area contributed by atoms with E-state index in [0.29, 0.717) is 0 Å². The Kier molecular flexibility index (Phi) is 9.20. The summed E-state index contributed by atoms with van der Waals surface area (Å²) in [5, 5.41) is 0. The van der Waals surface area contributed by atoms with Crippen LogP contribution < -0.4 is 24.8 Å². The molecule has 0 atom stereocenters. The molecule has 0 saturated heterocycles. The van der Waals surface area contributed by atoms with Crippen molar-refractivity contribution in [1.29, 1.82) is 0 Å². The van der Waals surface area contributed by atoms with Gasteiger partial charge in [-0.2, -0.15) is 0 Å². The van der Waals surface area contributed by atoms with Crippen molar-refractivity contribution < 1.29 is 33.8 Å². The van der Waals surface area contributed by atoms with Crippen LogP contribution in [0.25, 0.3) is 0 Å². The Morgan fingerprint density at radius 3 is 0.833 bits per heavy atom. The van der Waals surface area contributed by atoms with Gasteiger partial charge in [-0.25, -0.2) is 0 Å². The van der Waals surface area contributed by atoms with Crippen LogP contribution in [0.4, 0.5) is 0 Å². The Bertz CT molecular complexity index is 88.6. The first-order valence-electron chi connectivity index (χ1n) is 3.82. The van der Waals surface area contributed by atoms with Crippen LogP contribution in [0.1, 0.15) is 0 Å². The quantitative estimate of drug-likeness (QED) is 0.414. The second-order valence-electron chi connectivity index (χ2n) is 5.03. The van der Waals surface area contributed by atoms with Crippen LogP contribution in [0.2, 0.25) is 0 Å². The van der Waals surface area contributed by atoms with E-state index < -0.39 is 0 Å². The lowest BCUT2D eigenvalue weighted by atomic mass is 10.4. The van der Waals surface area contributed by atoms with Gasteiger partial charge in [-0.05, 0) is 0 Å². The molecule has 0 unspecified atom stereocenters. The molecule has 0 spiro atoms. The van der Waals surface area contributed by atoms with Gasteiger partial charge in [0, 0.05) is 0 Å². The van der Waals surface area contributed by atoms with E-state index in [1.54, 1.807) is 0 Å². The van der Waals surface area contributed by atoms with Gasteiger partial charge in [-0.3, -0.25) is 0 Å². The summed E-state index contributed by atoms with van der Waals surface area (Å²) < 4.78 is 2.13. The fraction of sp³-hybridized carbons (Fsp3) is 1.00. The molecule has 2 nitrogen and oxygen atoms in total. The van der Waals surface area contributed by atoms with Crippen molar-refractivity contribution >= 4 is 0 Å². The highest BCUT2D eigenvalue weighted by molar-refractivity contribution is 4.26. The van der Waals surface area contributed by atoms with Crippen molar-refractivity contribution in [2.75, 3.05) is 55.4 Å². The Balaban J connectivity index is -0.000000405. The number of hydrogen-bond acceptors (Lipinski definition) is 0. The van der Waals surface area contributed by atoms with E-state index in [1.165, 1.54) is 13.1 Å². The van der Waals surface area contributed by atoms with Gasteiger partial charge in [-0.15, -0.1) is 0 Å². The Morgan fingerprint density at radius 1 is 0.583 bits per heavy atom. The second-order valence-corrected chi connectivity index (χ2v) is 5.03. The van der Waals surface area contributed by atoms with Crippen LogP contribution in [0.3, 0.4) is 0 Å². The molecular formula is C8H22Cl2N2. The van der Waals surface area contributed by atoms with Gasteiger partial charge in [0.05, 0.1) is 42.3 Å². The molecule has 0 aliphatic carbocycles. The number of hydrogen-bond donors (Lipinski definition) is 0. The topological polar surface area (TPSA) is 0 Å². The zero-order valence-electron chi connectivity index (χ0n) is 9.06. The third-order valence-electron chi connectivity index (χ3n) is 1.44. The largest absolute Gasteiger partial charge is 1.00 e. The maximum Gasteiger partial charge on any atom is 0.128 e. The third-order valence-corrected chi connectivity index (χ3v) is 1.44. The van der Waals surface area contributed by atoms with E-state index in [2.05, 4.69) is 42.3 Å². The summed E-state index contributed by atoms with van der Waals surface area (Å²) in [6, 6.07) is 0. The van der Waals surface area contributed by atoms with Crippen molar-refractivity contribution in [1.82, 2.24) is 0 Å². The van der Waals surface area contributed by atoms with Crippen molar-refractivity contribution in [2.45, 2.75) is 0 Å². The molecule has 4 heteroatoms. The highest BCUT2D eigenvalue weighted by Gasteiger charge is 2.13. The van der Waals surface area contributed by atoms with E-state index in [4.69, 9.17) is 0 Å². The summed E-state index contributed by atoms with van der Waals surface area (Å²) in [6.45, 7) is 2.48. The van der Waals surface area contributed by atoms with Gasteiger partial charge in [0.2, 0.25) is 0 Å². The van der Waals surface area contributed by atoms with Crippen molar-refractivity contribution in [2.24, 2.45) is 0 Å². The third kappa shape index (κ3) is 16.8. The minimum atomic E-state index is 0. The predicted octanol–water partition coefficient (Wildman–Crippen LogP) is -5.59. The monoisotopic (exact) mass is 216 g/mol. The number of nitrogens with zero attached hydrogens (tertiary/aromatic N) is 2. The summed E-state index contributed by atoms with van der Waals surface area (Å²) in [5.74, 6) is 0. The van der Waals surface area contributed by atoms with Crippen LogP contribution in [0.5, 0.6) is 0 Å². The van der Waals surface area contributed by atoms with E-state index in [0.717, 1.165) is 8.97 Å². The lowest BCUT2D eigenvalue weighted by Gasteiger charge is -2.30. The summed E-state index contributed by atoms with van der Waals surface area (Å²) >= 11 is 0. The zero-order valence-corrected chi connectivity index (χ0v) is 10.6. The highest BCUT2D eigenvalue weighted by atomic mass is 35.5. The molecule has 0 saturated carbocycles. The molecule has 0 rings (SSSR count). The number of quaternary nitrogens is 2. The normalized spacial score (nSPS) is 11.5. The Labute approximate surface area is 89.5 Å². The zero-order chi connectivity index (χ0) is 8.41. The molecule has 0 fully saturated rings. The molecule has 0 N–H and O–H groups in total. The number of halogens is 2. The van der Waals surface area contributed by atoms with Gasteiger partial charge in [0.25, 0.3) is 0 Å². The molecule has 0 radical (unpaired) electrons. The average Bonchev–Trinajstić information content (AvgIpc) is 1.57. The molecule has 0 amide bonds. The van der Waals surface area contributed by atoms with Crippen molar-refractivity contribution in [3.8, 4) is 0 Å². The Morgan fingerprint density at radius 2 is 0.750 bits per heavy atom. The second kappa shape index (κ2) is 6.03. The van der Waals surface area contributed by atoms with E-state index in [1.807, 2.05) is 0 Å². The van der Waals surface area contributed by atoms with Crippen LogP contribution in [-0.4, -0.2) is 64.3 Å². The predicted molar refractivity (Wildman–Crippen MR) is 45.8 cm³/mol. The number of rotatable bonds is 3. The highest BCUT2D eigenvalue weighted by Crippen LogP contribution is 1.94. The van der Waals surface area contributed by atoms with Crippen LogP contribution >= 0.6 is 0 Å². The van der Waals surface area contributed by atoms with Crippen LogP contribution in [0.15, 0.2) is 0 Å². The molecule has 0 bridgehead atoms. The summed E-state index contributed by atoms with van der Waals surface area (Å²) in [4.78, 5) is 0. The summed E-state index contributed by atoms with van der Waals surface area (Å²) in [5.41, 5.74) is 0. The fourth-order valence-corrected chi connectivity index (χ4v) is 0.600. The van der Waals surface area contributed by atoms with Gasteiger partial charge in [0.1, 0.15) is 13.1 Å². The smallest absolute Gasteiger partial charge is 0.128 e. The molecule has 78 valence electrons. The molecular weight excluding hydrogens is 195 g/mol. The molecule has 0 aliphatic rings. The fourth-order valence-electron chi connectivity index (χ4n) is 0.600. The molecule has 0 aromatic rings. The molecule has 0 aliphatic heterocycles. The Hall–Kier alpha value is 0.500. The lowest BCUT2D eigenvalue weighted by Crippen LogP contribution is -3.00. The number of likely N-dealkylation sites (N-methyl/N-ethyl adjacent to an activating group) is 2. The van der Waals surface area contributed by atoms with E-state index >= 15 is 0 Å².